The molecule has 3 fully saturated rings. The van der Waals surface area contributed by atoms with Crippen molar-refractivity contribution >= 4 is 23.4 Å². The van der Waals surface area contributed by atoms with Crippen LogP contribution in [-0.2, 0) is 16.7 Å². The number of anilines is 1. The first-order valence-electron chi connectivity index (χ1n) is 8.83. The molecule has 8 heteroatoms. The van der Waals surface area contributed by atoms with E-state index >= 15 is 0 Å². The van der Waals surface area contributed by atoms with E-state index in [0.717, 1.165) is 19.3 Å². The van der Waals surface area contributed by atoms with Crippen LogP contribution in [0.4, 0.5) is 10.2 Å². The smallest absolute Gasteiger partial charge is 0.335 e. The highest BCUT2D eigenvalue weighted by molar-refractivity contribution is 6.28. The van der Waals surface area contributed by atoms with Gasteiger partial charge in [-0.2, -0.15) is 10.5 Å². The highest BCUT2D eigenvalue weighted by atomic mass is 35.5. The molecule has 2 aromatic rings. The fourth-order valence-corrected chi connectivity index (χ4v) is 4.33. The lowest BCUT2D eigenvalue weighted by atomic mass is 9.65. The number of aromatic nitrogens is 3. The molecule has 1 N–H and O–H groups in total. The van der Waals surface area contributed by atoms with Crippen LogP contribution in [0.2, 0.25) is 5.28 Å². The number of hydrogen-bond donors (Lipinski definition) is 1. The van der Waals surface area contributed by atoms with E-state index in [2.05, 4.69) is 15.4 Å². The van der Waals surface area contributed by atoms with Crippen molar-refractivity contribution in [3.05, 3.63) is 29.6 Å². The van der Waals surface area contributed by atoms with Crippen molar-refractivity contribution in [1.29, 1.82) is 0 Å². The number of carbonyl (C=O) groups is 1. The van der Waals surface area contributed by atoms with Gasteiger partial charge in [0.1, 0.15) is 5.69 Å². The number of carbonyl (C=O) groups excluding carboxylic acids is 1. The van der Waals surface area contributed by atoms with Crippen LogP contribution in [0.3, 0.4) is 0 Å². The zero-order valence-electron chi connectivity index (χ0n) is 14.4. The summed E-state index contributed by atoms with van der Waals surface area (Å²) in [6, 6.07) is 1.72. The minimum atomic E-state index is -0.710. The van der Waals surface area contributed by atoms with Gasteiger partial charge in [-0.05, 0) is 48.8 Å². The molecule has 0 aliphatic heterocycles. The summed E-state index contributed by atoms with van der Waals surface area (Å²) in [4.78, 5) is 25.4. The fourth-order valence-electron chi connectivity index (χ4n) is 4.16. The molecule has 6 nitrogen and oxygen atoms in total. The van der Waals surface area contributed by atoms with Crippen LogP contribution < -0.4 is 5.48 Å². The Bertz CT molecular complexity index is 833. The summed E-state index contributed by atoms with van der Waals surface area (Å²) < 4.78 is 16.5. The van der Waals surface area contributed by atoms with Gasteiger partial charge in [0.15, 0.2) is 5.82 Å². The molecule has 1 atom stereocenters. The molecule has 2 heterocycles. The number of fused-ring (bicyclic) bond motifs is 3. The van der Waals surface area contributed by atoms with Crippen LogP contribution in [-0.4, -0.2) is 20.5 Å². The maximum Gasteiger partial charge on any atom is 0.335 e. The van der Waals surface area contributed by atoms with E-state index in [4.69, 9.17) is 16.4 Å². The Morgan fingerprint density at radius 1 is 1.35 bits per heavy atom. The summed E-state index contributed by atoms with van der Waals surface area (Å²) in [5, 5.41) is -0.125. The second-order valence-electron chi connectivity index (χ2n) is 7.22. The molecule has 3 aliphatic carbocycles. The topological polar surface area (TPSA) is 69.0 Å². The van der Waals surface area contributed by atoms with Gasteiger partial charge in [0.05, 0.1) is 5.92 Å². The molecule has 26 heavy (non-hydrogen) atoms. The van der Waals surface area contributed by atoms with Gasteiger partial charge in [-0.3, -0.25) is 0 Å². The zero-order valence-corrected chi connectivity index (χ0v) is 15.2. The first kappa shape index (κ1) is 17.3. The Balaban J connectivity index is 1.50. The van der Waals surface area contributed by atoms with Crippen molar-refractivity contribution < 1.29 is 14.0 Å². The number of hydrogen-bond acceptors (Lipinski definition) is 5. The third-order valence-corrected chi connectivity index (χ3v) is 5.70. The molecule has 2 bridgehead atoms. The Morgan fingerprint density at radius 2 is 2.12 bits per heavy atom. The molecule has 3 aliphatic rings. The van der Waals surface area contributed by atoms with Crippen LogP contribution >= 0.6 is 11.6 Å². The second-order valence-corrected chi connectivity index (χ2v) is 7.55. The Morgan fingerprint density at radius 3 is 2.73 bits per heavy atom. The van der Waals surface area contributed by atoms with E-state index < -0.39 is 5.82 Å². The quantitative estimate of drug-likeness (QED) is 0.644. The van der Waals surface area contributed by atoms with E-state index in [1.165, 1.54) is 12.8 Å². The highest BCUT2D eigenvalue weighted by Gasteiger charge is 2.40. The van der Waals surface area contributed by atoms with Crippen molar-refractivity contribution in [2.45, 2.75) is 32.1 Å². The number of halogens is 2. The average molecular weight is 379 g/mol. The summed E-state index contributed by atoms with van der Waals surface area (Å²) in [6.45, 7) is 0. The Labute approximate surface area is 155 Å². The number of nitrogens with zero attached hydrogens (tertiary/aromatic N) is 3. The average Bonchev–Trinajstić information content (AvgIpc) is 3.09. The van der Waals surface area contributed by atoms with E-state index in [9.17, 15) is 9.18 Å². The van der Waals surface area contributed by atoms with Gasteiger partial charge in [0.2, 0.25) is 11.1 Å². The second kappa shape index (κ2) is 6.87. The maximum absolute atomic E-state index is 14.7. The Hall–Kier alpha value is -2.15. The molecular formula is C18H20ClFN4O2. The lowest BCUT2D eigenvalue weighted by molar-refractivity contribution is -0.151. The molecule has 0 aromatic carbocycles. The van der Waals surface area contributed by atoms with Crippen molar-refractivity contribution in [2.75, 3.05) is 5.48 Å². The van der Waals surface area contributed by atoms with Crippen molar-refractivity contribution in [3.63, 3.8) is 0 Å². The standard InChI is InChI=1S/C18H20ClFN4O2/c1-24-7-6-12(9-24)15-14(20)16(22-18(19)21-15)23-26-17(25)13-8-10-2-4-11(13)5-3-10/h6-7,9-11,13H,2-5,8H2,1H3,(H,21,22,23). The number of aryl methyl sites for hydroxylation is 1. The highest BCUT2D eigenvalue weighted by Crippen LogP contribution is 2.45. The minimum Gasteiger partial charge on any atom is -0.357 e. The third kappa shape index (κ3) is 3.28. The lowest BCUT2D eigenvalue weighted by Gasteiger charge is -2.40. The molecule has 0 radical (unpaired) electrons. The van der Waals surface area contributed by atoms with Crippen LogP contribution in [0.5, 0.6) is 0 Å². The van der Waals surface area contributed by atoms with Crippen LogP contribution in [0.1, 0.15) is 32.1 Å². The number of nitrogens with one attached hydrogen (secondary N) is 1. The van der Waals surface area contributed by atoms with E-state index in [-0.39, 0.29) is 28.7 Å². The predicted octanol–water partition coefficient (Wildman–Crippen LogP) is 3.97. The first-order chi connectivity index (χ1) is 12.5. The number of rotatable bonds is 4. The van der Waals surface area contributed by atoms with Gasteiger partial charge in [-0.1, -0.05) is 12.8 Å². The van der Waals surface area contributed by atoms with Crippen molar-refractivity contribution in [3.8, 4) is 11.3 Å². The van der Waals surface area contributed by atoms with Crippen LogP contribution in [0.15, 0.2) is 18.5 Å². The minimum absolute atomic E-state index is 0.0564. The molecule has 138 valence electrons. The summed E-state index contributed by atoms with van der Waals surface area (Å²) in [6.07, 6.45) is 8.86. The molecule has 0 saturated heterocycles. The van der Waals surface area contributed by atoms with Gasteiger partial charge in [0.25, 0.3) is 0 Å². The van der Waals surface area contributed by atoms with Gasteiger partial charge < -0.3 is 9.40 Å². The molecule has 5 rings (SSSR count). The third-order valence-electron chi connectivity index (χ3n) is 5.53. The van der Waals surface area contributed by atoms with Crippen molar-refractivity contribution in [1.82, 2.24) is 14.5 Å². The van der Waals surface area contributed by atoms with E-state index in [1.54, 1.807) is 23.0 Å². The molecule has 3 saturated carbocycles. The SMILES string of the molecule is Cn1ccc(-c2nc(Cl)nc(NOC(=O)C3CC4CCC3CC4)c2F)c1. The van der Waals surface area contributed by atoms with Gasteiger partial charge in [-0.25, -0.2) is 14.2 Å². The molecule has 0 amide bonds. The van der Waals surface area contributed by atoms with E-state index in [1.807, 2.05) is 7.05 Å². The summed E-state index contributed by atoms with van der Waals surface area (Å²) in [7, 11) is 1.82. The normalized spacial score (nSPS) is 24.5. The monoisotopic (exact) mass is 378 g/mol. The Kier molecular flexibility index (Phi) is 4.56. The summed E-state index contributed by atoms with van der Waals surface area (Å²) >= 11 is 5.92. The summed E-state index contributed by atoms with van der Waals surface area (Å²) in [5.74, 6) is -0.448. The largest absolute Gasteiger partial charge is 0.357 e. The molecule has 0 spiro atoms. The van der Waals surface area contributed by atoms with Crippen molar-refractivity contribution in [2.24, 2.45) is 24.8 Å². The van der Waals surface area contributed by atoms with Gasteiger partial charge in [-0.15, -0.1) is 0 Å². The molecular weight excluding hydrogens is 359 g/mol. The first-order valence-corrected chi connectivity index (χ1v) is 9.21. The molecule has 2 aromatic heterocycles. The van der Waals surface area contributed by atoms with Crippen LogP contribution in [0, 0.1) is 23.6 Å². The van der Waals surface area contributed by atoms with E-state index in [0.29, 0.717) is 17.4 Å². The summed E-state index contributed by atoms with van der Waals surface area (Å²) in [5.41, 5.74) is 2.98. The maximum atomic E-state index is 14.7. The molecule has 1 unspecified atom stereocenters. The van der Waals surface area contributed by atoms with Gasteiger partial charge in [0, 0.05) is 25.0 Å². The zero-order chi connectivity index (χ0) is 18.3. The predicted molar refractivity (Wildman–Crippen MR) is 94.7 cm³/mol. The fraction of sp³-hybridized carbons (Fsp3) is 0.500. The van der Waals surface area contributed by atoms with Crippen LogP contribution in [0.25, 0.3) is 11.3 Å². The lowest BCUT2D eigenvalue weighted by Crippen LogP contribution is -2.37. The van der Waals surface area contributed by atoms with Gasteiger partial charge >= 0.3 is 5.97 Å².